The van der Waals surface area contributed by atoms with E-state index in [-0.39, 0.29) is 4.90 Å². The number of nitrogens with one attached hydrogen (secondary N) is 1. The van der Waals surface area contributed by atoms with E-state index in [4.69, 9.17) is 11.2 Å². The van der Waals surface area contributed by atoms with E-state index < -0.39 is 15.6 Å². The van der Waals surface area contributed by atoms with Crippen LogP contribution < -0.4 is 9.46 Å². The Kier molecular flexibility index (Phi) is 5.21. The molecule has 0 radical (unpaired) electrons. The van der Waals surface area contributed by atoms with Crippen LogP contribution in [0.4, 0.5) is 0 Å². The number of aryl methyl sites for hydroxylation is 1. The van der Waals surface area contributed by atoms with Crippen molar-refractivity contribution in [1.29, 1.82) is 0 Å². The molecule has 0 aliphatic heterocycles. The van der Waals surface area contributed by atoms with Gasteiger partial charge in [-0.2, -0.15) is 4.72 Å². The molecule has 1 N–H and O–H groups in total. The smallest absolute Gasteiger partial charge is 0.241 e. The molecule has 1 aromatic rings. The fourth-order valence-electron chi connectivity index (χ4n) is 1.67. The molecule has 0 heterocycles. The molecule has 0 aromatic heterocycles. The van der Waals surface area contributed by atoms with E-state index in [0.29, 0.717) is 18.8 Å². The van der Waals surface area contributed by atoms with Gasteiger partial charge in [0.15, 0.2) is 0 Å². The third-order valence-corrected chi connectivity index (χ3v) is 4.74. The molecule has 0 fully saturated rings. The number of rotatable bonds is 6. The maximum atomic E-state index is 12.3. The molecule has 0 bridgehead atoms. The molecular weight excluding hydrogens is 274 g/mol. The van der Waals surface area contributed by atoms with Gasteiger partial charge in [-0.25, -0.2) is 8.42 Å². The fraction of sp³-hybridized carbons (Fsp3) is 0.467. The summed E-state index contributed by atoms with van der Waals surface area (Å²) in [5.41, 5.74) is -0.112. The SMILES string of the molecule is C#CC(C)(CC)NS(=O)(=O)c1ccc(OCC)c(C)c1. The van der Waals surface area contributed by atoms with E-state index in [2.05, 4.69) is 10.6 Å². The average Bonchev–Trinajstić information content (AvgIpc) is 2.40. The predicted octanol–water partition coefficient (Wildman–Crippen LogP) is 2.47. The van der Waals surface area contributed by atoms with Crippen LogP contribution in [0.3, 0.4) is 0 Å². The predicted molar refractivity (Wildman–Crippen MR) is 80.2 cm³/mol. The van der Waals surface area contributed by atoms with Gasteiger partial charge in [0.05, 0.1) is 17.0 Å². The number of benzene rings is 1. The Morgan fingerprint density at radius 1 is 1.40 bits per heavy atom. The van der Waals surface area contributed by atoms with Crippen molar-refractivity contribution < 1.29 is 13.2 Å². The summed E-state index contributed by atoms with van der Waals surface area (Å²) in [5.74, 6) is 3.17. The average molecular weight is 295 g/mol. The van der Waals surface area contributed by atoms with Crippen LogP contribution in [-0.2, 0) is 10.0 Å². The maximum absolute atomic E-state index is 12.3. The summed E-state index contributed by atoms with van der Waals surface area (Å²) in [7, 11) is -3.64. The van der Waals surface area contributed by atoms with Crippen LogP contribution in [0.1, 0.15) is 32.8 Å². The molecule has 0 saturated carbocycles. The van der Waals surface area contributed by atoms with Gasteiger partial charge in [-0.3, -0.25) is 0 Å². The van der Waals surface area contributed by atoms with Crippen molar-refractivity contribution in [3.63, 3.8) is 0 Å². The lowest BCUT2D eigenvalue weighted by molar-refractivity contribution is 0.337. The van der Waals surface area contributed by atoms with Gasteiger partial charge in [-0.15, -0.1) is 6.42 Å². The third-order valence-electron chi connectivity index (χ3n) is 3.14. The number of sulfonamides is 1. The molecule has 0 saturated heterocycles. The molecule has 1 aromatic carbocycles. The minimum Gasteiger partial charge on any atom is -0.494 e. The van der Waals surface area contributed by atoms with E-state index in [9.17, 15) is 8.42 Å². The highest BCUT2D eigenvalue weighted by molar-refractivity contribution is 7.89. The van der Waals surface area contributed by atoms with Gasteiger partial charge < -0.3 is 4.74 Å². The first-order valence-corrected chi connectivity index (χ1v) is 8.01. The summed E-state index contributed by atoms with van der Waals surface area (Å²) in [5, 5.41) is 0. The first kappa shape index (κ1) is 16.5. The van der Waals surface area contributed by atoms with Gasteiger partial charge in [-0.05, 0) is 51.0 Å². The number of hydrogen-bond donors (Lipinski definition) is 1. The normalized spacial score (nSPS) is 14.3. The lowest BCUT2D eigenvalue weighted by Crippen LogP contribution is -2.44. The number of terminal acetylenes is 1. The number of ether oxygens (including phenoxy) is 1. The zero-order valence-electron chi connectivity index (χ0n) is 12.4. The van der Waals surface area contributed by atoms with Gasteiger partial charge in [0.2, 0.25) is 10.0 Å². The molecule has 0 aliphatic rings. The first-order valence-electron chi connectivity index (χ1n) is 6.53. The molecule has 0 amide bonds. The zero-order valence-corrected chi connectivity index (χ0v) is 13.2. The molecule has 1 unspecified atom stereocenters. The second-order valence-corrected chi connectivity index (χ2v) is 6.48. The zero-order chi connectivity index (χ0) is 15.4. The van der Waals surface area contributed by atoms with E-state index in [0.717, 1.165) is 5.56 Å². The second kappa shape index (κ2) is 6.29. The standard InChI is InChI=1S/C15H21NO3S/c1-6-15(5,7-2)16-20(17,18)13-9-10-14(19-8-3)12(4)11-13/h1,9-11,16H,7-8H2,2-5H3. The fourth-order valence-corrected chi connectivity index (χ4v) is 3.16. The Bertz CT molecular complexity index is 616. The number of hydrogen-bond acceptors (Lipinski definition) is 3. The van der Waals surface area contributed by atoms with Crippen molar-refractivity contribution >= 4 is 10.0 Å². The lowest BCUT2D eigenvalue weighted by Gasteiger charge is -2.23. The van der Waals surface area contributed by atoms with Gasteiger partial charge >= 0.3 is 0 Å². The minimum atomic E-state index is -3.64. The summed E-state index contributed by atoms with van der Waals surface area (Å²) in [6.07, 6.45) is 5.91. The van der Waals surface area contributed by atoms with E-state index in [1.54, 1.807) is 19.1 Å². The van der Waals surface area contributed by atoms with Gasteiger partial charge in [-0.1, -0.05) is 12.8 Å². The Morgan fingerprint density at radius 2 is 2.05 bits per heavy atom. The van der Waals surface area contributed by atoms with Crippen molar-refractivity contribution in [3.8, 4) is 18.1 Å². The Balaban J connectivity index is 3.11. The van der Waals surface area contributed by atoms with Crippen molar-refractivity contribution in [3.05, 3.63) is 23.8 Å². The summed E-state index contributed by atoms with van der Waals surface area (Å²) < 4.78 is 32.6. The maximum Gasteiger partial charge on any atom is 0.241 e. The quantitative estimate of drug-likeness (QED) is 0.820. The molecule has 4 nitrogen and oxygen atoms in total. The molecule has 1 atom stereocenters. The summed E-state index contributed by atoms with van der Waals surface area (Å²) in [4.78, 5) is 0.188. The van der Waals surface area contributed by atoms with Crippen LogP contribution >= 0.6 is 0 Å². The van der Waals surface area contributed by atoms with Crippen molar-refractivity contribution in [2.45, 2.75) is 44.6 Å². The first-order chi connectivity index (χ1) is 9.28. The van der Waals surface area contributed by atoms with Crippen molar-refractivity contribution in [2.75, 3.05) is 6.61 Å². The van der Waals surface area contributed by atoms with Gasteiger partial charge in [0, 0.05) is 0 Å². The molecule has 0 aliphatic carbocycles. The Morgan fingerprint density at radius 3 is 2.50 bits per heavy atom. The van der Waals surface area contributed by atoms with Gasteiger partial charge in [0.1, 0.15) is 5.75 Å². The Labute approximate surface area is 121 Å². The molecule has 20 heavy (non-hydrogen) atoms. The molecule has 5 heteroatoms. The van der Waals surface area contributed by atoms with Crippen LogP contribution in [0.5, 0.6) is 5.75 Å². The minimum absolute atomic E-state index is 0.188. The molecule has 110 valence electrons. The van der Waals surface area contributed by atoms with Crippen LogP contribution in [0, 0.1) is 19.3 Å². The highest BCUT2D eigenvalue weighted by Crippen LogP contribution is 2.23. The van der Waals surface area contributed by atoms with E-state index in [1.165, 1.54) is 6.07 Å². The van der Waals surface area contributed by atoms with Crippen LogP contribution in [0.15, 0.2) is 23.1 Å². The molecule has 0 spiro atoms. The highest BCUT2D eigenvalue weighted by atomic mass is 32.2. The van der Waals surface area contributed by atoms with Crippen LogP contribution in [0.25, 0.3) is 0 Å². The van der Waals surface area contributed by atoms with E-state index in [1.807, 2.05) is 20.8 Å². The van der Waals surface area contributed by atoms with Crippen LogP contribution in [-0.4, -0.2) is 20.6 Å². The lowest BCUT2D eigenvalue weighted by atomic mass is 10.0. The summed E-state index contributed by atoms with van der Waals surface area (Å²) in [6.45, 7) is 7.75. The summed E-state index contributed by atoms with van der Waals surface area (Å²) >= 11 is 0. The Hall–Kier alpha value is -1.51. The van der Waals surface area contributed by atoms with Crippen LogP contribution in [0.2, 0.25) is 0 Å². The van der Waals surface area contributed by atoms with E-state index >= 15 is 0 Å². The second-order valence-electron chi connectivity index (χ2n) is 4.80. The summed E-state index contributed by atoms with van der Waals surface area (Å²) in [6, 6.07) is 4.76. The van der Waals surface area contributed by atoms with Gasteiger partial charge in [0.25, 0.3) is 0 Å². The van der Waals surface area contributed by atoms with Crippen molar-refractivity contribution in [2.24, 2.45) is 0 Å². The largest absolute Gasteiger partial charge is 0.494 e. The third kappa shape index (κ3) is 3.75. The van der Waals surface area contributed by atoms with Crippen molar-refractivity contribution in [1.82, 2.24) is 4.72 Å². The molecular formula is C15H21NO3S. The molecule has 1 rings (SSSR count). The highest BCUT2D eigenvalue weighted by Gasteiger charge is 2.27. The monoisotopic (exact) mass is 295 g/mol. The topological polar surface area (TPSA) is 55.4 Å².